The number of benzene rings is 2. The van der Waals surface area contributed by atoms with Crippen LogP contribution in [0.5, 0.6) is 0 Å². The first-order valence-corrected chi connectivity index (χ1v) is 9.55. The van der Waals surface area contributed by atoms with Crippen LogP contribution in [0.3, 0.4) is 0 Å². The van der Waals surface area contributed by atoms with Crippen molar-refractivity contribution in [3.05, 3.63) is 72.7 Å². The molecule has 0 atom stereocenters. The number of halogens is 1. The van der Waals surface area contributed by atoms with Gasteiger partial charge >= 0.3 is 0 Å². The minimum absolute atomic E-state index is 0. The van der Waals surface area contributed by atoms with Crippen LogP contribution in [-0.4, -0.2) is 35.3 Å². The second kappa shape index (κ2) is 11.7. The van der Waals surface area contributed by atoms with E-state index in [1.54, 1.807) is 7.05 Å². The quantitative estimate of drug-likeness (QED) is 0.152. The number of aromatic nitrogens is 2. The lowest BCUT2D eigenvalue weighted by molar-refractivity contribution is 0.797. The maximum atomic E-state index is 4.43. The average Bonchev–Trinajstić information content (AvgIpc) is 3.18. The average molecular weight is 493 g/mol. The molecule has 0 unspecified atom stereocenters. The van der Waals surface area contributed by atoms with Gasteiger partial charge in [-0.3, -0.25) is 4.99 Å². The third-order valence-corrected chi connectivity index (χ3v) is 4.78. The Hall–Kier alpha value is -2.00. The van der Waals surface area contributed by atoms with E-state index in [9.17, 15) is 0 Å². The lowest BCUT2D eigenvalue weighted by Gasteiger charge is -2.10. The standard InChI is InChI=1S/C20H23N5S.HI/c1-21-20(22-12-13-26-17-10-6-3-7-11-17)24-15-19-23-14-18(25-19)16-8-4-2-5-9-16;/h2-11,14H,12-13,15H2,1H3,(H,23,25)(H2,21,22,24);1H. The third kappa shape index (κ3) is 6.91. The molecule has 5 nitrogen and oxygen atoms in total. The van der Waals surface area contributed by atoms with Gasteiger partial charge in [-0.1, -0.05) is 48.5 Å². The highest BCUT2D eigenvalue weighted by atomic mass is 127. The fourth-order valence-electron chi connectivity index (χ4n) is 2.46. The van der Waals surface area contributed by atoms with Crippen LogP contribution in [0.1, 0.15) is 5.82 Å². The molecule has 0 aliphatic rings. The van der Waals surface area contributed by atoms with Crippen LogP contribution in [0.2, 0.25) is 0 Å². The Bertz CT molecular complexity index is 821. The highest BCUT2D eigenvalue weighted by Crippen LogP contribution is 2.16. The molecule has 142 valence electrons. The van der Waals surface area contributed by atoms with Crippen LogP contribution >= 0.6 is 35.7 Å². The molecule has 3 N–H and O–H groups in total. The summed E-state index contributed by atoms with van der Waals surface area (Å²) in [7, 11) is 1.78. The van der Waals surface area contributed by atoms with E-state index in [4.69, 9.17) is 0 Å². The van der Waals surface area contributed by atoms with E-state index in [1.165, 1.54) is 4.90 Å². The topological polar surface area (TPSA) is 65.1 Å². The van der Waals surface area contributed by atoms with Crippen LogP contribution in [0, 0.1) is 0 Å². The Labute approximate surface area is 181 Å². The van der Waals surface area contributed by atoms with Crippen molar-refractivity contribution < 1.29 is 0 Å². The summed E-state index contributed by atoms with van der Waals surface area (Å²) in [5, 5.41) is 6.61. The molecule has 7 heteroatoms. The van der Waals surface area contributed by atoms with Crippen molar-refractivity contribution >= 4 is 41.7 Å². The maximum absolute atomic E-state index is 4.43. The highest BCUT2D eigenvalue weighted by Gasteiger charge is 2.04. The van der Waals surface area contributed by atoms with Gasteiger partial charge in [0.2, 0.25) is 0 Å². The molecule has 0 saturated heterocycles. The summed E-state index contributed by atoms with van der Waals surface area (Å²) in [4.78, 5) is 13.3. The molecule has 1 aromatic heterocycles. The van der Waals surface area contributed by atoms with Crippen LogP contribution in [0.25, 0.3) is 11.3 Å². The number of aliphatic imine (C=N–C) groups is 1. The molecule has 0 amide bonds. The van der Waals surface area contributed by atoms with E-state index in [-0.39, 0.29) is 24.0 Å². The second-order valence-corrected chi connectivity index (χ2v) is 6.79. The normalized spacial score (nSPS) is 10.9. The van der Waals surface area contributed by atoms with Crippen molar-refractivity contribution in [1.82, 2.24) is 20.6 Å². The van der Waals surface area contributed by atoms with Crippen LogP contribution in [-0.2, 0) is 6.54 Å². The molecular formula is C20H24IN5S. The number of nitrogens with zero attached hydrogens (tertiary/aromatic N) is 2. The van der Waals surface area contributed by atoms with Crippen molar-refractivity contribution in [3.63, 3.8) is 0 Å². The fraction of sp³-hybridized carbons (Fsp3) is 0.200. The first-order valence-electron chi connectivity index (χ1n) is 8.57. The van der Waals surface area contributed by atoms with Gasteiger partial charge in [0.25, 0.3) is 0 Å². The Balaban J connectivity index is 0.00000261. The number of rotatable bonds is 7. The van der Waals surface area contributed by atoms with Crippen molar-refractivity contribution in [3.8, 4) is 11.3 Å². The third-order valence-electron chi connectivity index (χ3n) is 3.77. The predicted molar refractivity (Wildman–Crippen MR) is 125 cm³/mol. The first kappa shape index (κ1) is 21.3. The monoisotopic (exact) mass is 493 g/mol. The van der Waals surface area contributed by atoms with Gasteiger partial charge in [-0.2, -0.15) is 0 Å². The Kier molecular flexibility index (Phi) is 9.20. The summed E-state index contributed by atoms with van der Waals surface area (Å²) in [6, 6.07) is 20.6. The Morgan fingerprint density at radius 3 is 2.44 bits per heavy atom. The molecule has 3 aromatic rings. The van der Waals surface area contributed by atoms with E-state index in [2.05, 4.69) is 62.0 Å². The van der Waals surface area contributed by atoms with Gasteiger partial charge in [-0.15, -0.1) is 35.7 Å². The summed E-state index contributed by atoms with van der Waals surface area (Å²) in [5.74, 6) is 2.63. The summed E-state index contributed by atoms with van der Waals surface area (Å²) in [6.45, 7) is 1.44. The summed E-state index contributed by atoms with van der Waals surface area (Å²) in [6.07, 6.45) is 1.86. The number of aromatic amines is 1. The summed E-state index contributed by atoms with van der Waals surface area (Å²) in [5.41, 5.74) is 2.15. The van der Waals surface area contributed by atoms with E-state index >= 15 is 0 Å². The van der Waals surface area contributed by atoms with Gasteiger partial charge in [0.05, 0.1) is 18.4 Å². The molecule has 1 heterocycles. The Morgan fingerprint density at radius 2 is 1.74 bits per heavy atom. The number of hydrogen-bond acceptors (Lipinski definition) is 3. The Morgan fingerprint density at radius 1 is 1.04 bits per heavy atom. The highest BCUT2D eigenvalue weighted by molar-refractivity contribution is 14.0. The summed E-state index contributed by atoms with van der Waals surface area (Å²) >= 11 is 1.82. The molecule has 0 saturated carbocycles. The zero-order valence-corrected chi connectivity index (χ0v) is 18.3. The summed E-state index contributed by atoms with van der Waals surface area (Å²) < 4.78 is 0. The van der Waals surface area contributed by atoms with Crippen molar-refractivity contribution in [2.24, 2.45) is 4.99 Å². The molecule has 0 aliphatic carbocycles. The van der Waals surface area contributed by atoms with Crippen molar-refractivity contribution in [1.29, 1.82) is 0 Å². The minimum Gasteiger partial charge on any atom is -0.356 e. The number of thioether (sulfide) groups is 1. The van der Waals surface area contributed by atoms with Crippen LogP contribution in [0.4, 0.5) is 0 Å². The molecular weight excluding hydrogens is 469 g/mol. The fourth-order valence-corrected chi connectivity index (χ4v) is 3.25. The second-order valence-electron chi connectivity index (χ2n) is 5.62. The predicted octanol–water partition coefficient (Wildman–Crippen LogP) is 4.15. The van der Waals surface area contributed by atoms with E-state index in [1.807, 2.05) is 42.2 Å². The molecule has 2 aromatic carbocycles. The van der Waals surface area contributed by atoms with Gasteiger partial charge < -0.3 is 15.6 Å². The molecule has 0 spiro atoms. The van der Waals surface area contributed by atoms with E-state index in [0.29, 0.717) is 6.54 Å². The van der Waals surface area contributed by atoms with Crippen LogP contribution in [0.15, 0.2) is 76.7 Å². The largest absolute Gasteiger partial charge is 0.356 e. The molecule has 0 fully saturated rings. The van der Waals surface area contributed by atoms with Crippen molar-refractivity contribution in [2.75, 3.05) is 19.3 Å². The van der Waals surface area contributed by atoms with Gasteiger partial charge in [-0.05, 0) is 17.7 Å². The number of hydrogen-bond donors (Lipinski definition) is 3. The molecule has 0 radical (unpaired) electrons. The van der Waals surface area contributed by atoms with E-state index in [0.717, 1.165) is 35.3 Å². The van der Waals surface area contributed by atoms with Gasteiger partial charge in [0.15, 0.2) is 5.96 Å². The molecule has 0 aliphatic heterocycles. The number of H-pyrrole nitrogens is 1. The van der Waals surface area contributed by atoms with E-state index < -0.39 is 0 Å². The minimum atomic E-state index is 0. The van der Waals surface area contributed by atoms with Gasteiger partial charge in [0.1, 0.15) is 5.82 Å². The number of imidazole rings is 1. The zero-order valence-electron chi connectivity index (χ0n) is 15.2. The van der Waals surface area contributed by atoms with Crippen molar-refractivity contribution in [2.45, 2.75) is 11.4 Å². The molecule has 27 heavy (non-hydrogen) atoms. The van der Waals surface area contributed by atoms with Crippen LogP contribution < -0.4 is 10.6 Å². The molecule has 3 rings (SSSR count). The van der Waals surface area contributed by atoms with Gasteiger partial charge in [-0.25, -0.2) is 4.98 Å². The SMILES string of the molecule is CN=C(NCCSc1ccccc1)NCc1ncc(-c2ccccc2)[nH]1.I. The molecule has 0 bridgehead atoms. The maximum Gasteiger partial charge on any atom is 0.191 e. The smallest absolute Gasteiger partial charge is 0.191 e. The lowest BCUT2D eigenvalue weighted by atomic mass is 10.2. The number of nitrogens with one attached hydrogen (secondary N) is 3. The number of guanidine groups is 1. The first-order chi connectivity index (χ1) is 12.8. The van der Waals surface area contributed by atoms with Gasteiger partial charge in [0, 0.05) is 24.2 Å². The lowest BCUT2D eigenvalue weighted by Crippen LogP contribution is -2.38. The zero-order chi connectivity index (χ0) is 18.0.